The Morgan fingerprint density at radius 3 is 2.90 bits per heavy atom. The molecule has 0 aromatic carbocycles. The summed E-state index contributed by atoms with van der Waals surface area (Å²) < 4.78 is 0. The number of nitrogens with two attached hydrogens (primary N) is 1. The molecule has 1 heterocycles. The van der Waals surface area contributed by atoms with Crippen molar-refractivity contribution in [3.05, 3.63) is 0 Å². The van der Waals surface area contributed by atoms with E-state index in [1.165, 1.54) is 19.3 Å². The monoisotopic (exact) mass is 141 g/mol. The molecular weight excluding hydrogens is 124 g/mol. The van der Waals surface area contributed by atoms with Gasteiger partial charge in [-0.2, -0.15) is 0 Å². The topological polar surface area (TPSA) is 40.1 Å². The van der Waals surface area contributed by atoms with Crippen LogP contribution in [-0.4, -0.2) is 18.6 Å². The van der Waals surface area contributed by atoms with E-state index in [1.807, 2.05) is 0 Å². The third-order valence-electron chi connectivity index (χ3n) is 2.24. The van der Waals surface area contributed by atoms with E-state index in [1.54, 1.807) is 0 Å². The summed E-state index contributed by atoms with van der Waals surface area (Å²) >= 11 is 0. The molecule has 1 aliphatic rings. The van der Waals surface area contributed by atoms with Crippen molar-refractivity contribution in [2.24, 2.45) is 5.73 Å². The molecule has 2 nitrogen and oxygen atoms in total. The second kappa shape index (κ2) is 3.94. The maximum absolute atomic E-state index is 5.85. The molecule has 0 aromatic heterocycles. The lowest BCUT2D eigenvalue weighted by molar-refractivity contribution is 0.337. The number of piperidine rings is 1. The van der Waals surface area contributed by atoms with Crippen molar-refractivity contribution in [2.45, 2.75) is 44.7 Å². The van der Waals surface area contributed by atoms with Gasteiger partial charge in [-0.05, 0) is 19.3 Å². The van der Waals surface area contributed by atoms with E-state index in [0.717, 1.165) is 13.0 Å². The molecule has 1 fully saturated rings. The SMILES string of the molecule is CCC(N)C1CCCC[N]1. The summed E-state index contributed by atoms with van der Waals surface area (Å²) in [7, 11) is 0. The number of rotatable bonds is 2. The highest BCUT2D eigenvalue weighted by molar-refractivity contribution is 4.80. The first-order chi connectivity index (χ1) is 4.84. The third-order valence-corrected chi connectivity index (χ3v) is 2.24. The summed E-state index contributed by atoms with van der Waals surface area (Å²) in [5.41, 5.74) is 5.85. The predicted octanol–water partition coefficient (Wildman–Crippen LogP) is 0.881. The van der Waals surface area contributed by atoms with Gasteiger partial charge in [-0.3, -0.25) is 0 Å². The van der Waals surface area contributed by atoms with Crippen LogP contribution in [0, 0.1) is 0 Å². The Bertz CT molecular complexity index is 87.3. The summed E-state index contributed by atoms with van der Waals surface area (Å²) in [5, 5.41) is 4.48. The maximum atomic E-state index is 5.85. The van der Waals surface area contributed by atoms with Crippen LogP contribution in [0.4, 0.5) is 0 Å². The summed E-state index contributed by atoms with van der Waals surface area (Å²) in [5.74, 6) is 0. The van der Waals surface area contributed by atoms with Crippen molar-refractivity contribution in [3.63, 3.8) is 0 Å². The van der Waals surface area contributed by atoms with Gasteiger partial charge in [-0.1, -0.05) is 13.3 Å². The Balaban J connectivity index is 2.24. The van der Waals surface area contributed by atoms with Gasteiger partial charge in [0, 0.05) is 18.6 Å². The smallest absolute Gasteiger partial charge is 0.0397 e. The molecule has 1 aliphatic heterocycles. The van der Waals surface area contributed by atoms with Crippen LogP contribution in [0.3, 0.4) is 0 Å². The van der Waals surface area contributed by atoms with Gasteiger partial charge in [0.1, 0.15) is 0 Å². The molecule has 2 unspecified atom stereocenters. The van der Waals surface area contributed by atoms with E-state index in [9.17, 15) is 0 Å². The molecule has 0 bridgehead atoms. The molecule has 1 radical (unpaired) electrons. The second-order valence-corrected chi connectivity index (χ2v) is 3.04. The molecule has 2 atom stereocenters. The molecule has 1 saturated heterocycles. The Hall–Kier alpha value is -0.0800. The lowest BCUT2D eigenvalue weighted by Gasteiger charge is -2.26. The average molecular weight is 141 g/mol. The molecule has 0 amide bonds. The van der Waals surface area contributed by atoms with Crippen molar-refractivity contribution in [3.8, 4) is 0 Å². The van der Waals surface area contributed by atoms with Crippen LogP contribution < -0.4 is 11.1 Å². The zero-order valence-electron chi connectivity index (χ0n) is 6.71. The maximum Gasteiger partial charge on any atom is 0.0397 e. The van der Waals surface area contributed by atoms with Crippen LogP contribution in [0.5, 0.6) is 0 Å². The van der Waals surface area contributed by atoms with E-state index in [0.29, 0.717) is 12.1 Å². The molecule has 2 heteroatoms. The van der Waals surface area contributed by atoms with Gasteiger partial charge in [0.25, 0.3) is 0 Å². The molecule has 1 rings (SSSR count). The predicted molar refractivity (Wildman–Crippen MR) is 42.9 cm³/mol. The van der Waals surface area contributed by atoms with Gasteiger partial charge in [0.05, 0.1) is 0 Å². The first kappa shape index (κ1) is 8.02. The fourth-order valence-electron chi connectivity index (χ4n) is 1.44. The van der Waals surface area contributed by atoms with Gasteiger partial charge >= 0.3 is 0 Å². The van der Waals surface area contributed by atoms with Gasteiger partial charge in [0.15, 0.2) is 0 Å². The number of hydrogen-bond acceptors (Lipinski definition) is 1. The van der Waals surface area contributed by atoms with E-state index in [4.69, 9.17) is 5.73 Å². The Morgan fingerprint density at radius 2 is 2.40 bits per heavy atom. The summed E-state index contributed by atoms with van der Waals surface area (Å²) in [6, 6.07) is 0.791. The molecular formula is C8H17N2. The molecule has 0 aliphatic carbocycles. The number of hydrogen-bond donors (Lipinski definition) is 1. The van der Waals surface area contributed by atoms with E-state index in [-0.39, 0.29) is 0 Å². The van der Waals surface area contributed by atoms with Crippen LogP contribution in [0.2, 0.25) is 0 Å². The van der Waals surface area contributed by atoms with Crippen molar-refractivity contribution in [2.75, 3.05) is 6.54 Å². The van der Waals surface area contributed by atoms with Gasteiger partial charge in [-0.25, -0.2) is 5.32 Å². The van der Waals surface area contributed by atoms with Crippen LogP contribution in [0.15, 0.2) is 0 Å². The number of nitrogens with zero attached hydrogens (tertiary/aromatic N) is 1. The highest BCUT2D eigenvalue weighted by Gasteiger charge is 2.18. The summed E-state index contributed by atoms with van der Waals surface area (Å²) in [6.07, 6.45) is 4.87. The van der Waals surface area contributed by atoms with Crippen molar-refractivity contribution in [1.82, 2.24) is 5.32 Å². The molecule has 0 saturated carbocycles. The zero-order chi connectivity index (χ0) is 7.40. The van der Waals surface area contributed by atoms with E-state index in [2.05, 4.69) is 12.2 Å². The van der Waals surface area contributed by atoms with Crippen molar-refractivity contribution >= 4 is 0 Å². The highest BCUT2D eigenvalue weighted by Crippen LogP contribution is 2.11. The standard InChI is InChI=1S/C8H17N2/c1-2-7(9)8-5-3-4-6-10-8/h7-8H,2-6,9H2,1H3. The third kappa shape index (κ3) is 1.96. The van der Waals surface area contributed by atoms with Crippen molar-refractivity contribution < 1.29 is 0 Å². The Labute approximate surface area is 63.2 Å². The van der Waals surface area contributed by atoms with Crippen molar-refractivity contribution in [1.29, 1.82) is 0 Å². The first-order valence-electron chi connectivity index (χ1n) is 4.26. The van der Waals surface area contributed by atoms with Crippen LogP contribution >= 0.6 is 0 Å². The lowest BCUT2D eigenvalue weighted by atomic mass is 9.97. The van der Waals surface area contributed by atoms with Gasteiger partial charge in [0.2, 0.25) is 0 Å². The normalized spacial score (nSPS) is 30.0. The minimum absolute atomic E-state index is 0.320. The summed E-state index contributed by atoms with van der Waals surface area (Å²) in [4.78, 5) is 0. The van der Waals surface area contributed by atoms with Crippen LogP contribution in [0.25, 0.3) is 0 Å². The van der Waals surface area contributed by atoms with Gasteiger partial charge in [-0.15, -0.1) is 0 Å². The van der Waals surface area contributed by atoms with Crippen LogP contribution in [0.1, 0.15) is 32.6 Å². The summed E-state index contributed by atoms with van der Waals surface area (Å²) in [6.45, 7) is 3.17. The minimum atomic E-state index is 0.320. The molecule has 2 N–H and O–H groups in total. The van der Waals surface area contributed by atoms with E-state index >= 15 is 0 Å². The molecule has 0 spiro atoms. The van der Waals surface area contributed by atoms with E-state index < -0.39 is 0 Å². The fourth-order valence-corrected chi connectivity index (χ4v) is 1.44. The highest BCUT2D eigenvalue weighted by atomic mass is 15.0. The van der Waals surface area contributed by atoms with Crippen LogP contribution in [-0.2, 0) is 0 Å². The zero-order valence-corrected chi connectivity index (χ0v) is 6.71. The minimum Gasteiger partial charge on any atom is -0.326 e. The first-order valence-corrected chi connectivity index (χ1v) is 4.26. The lowest BCUT2D eigenvalue weighted by Crippen LogP contribution is -2.43. The quantitative estimate of drug-likeness (QED) is 0.609. The Kier molecular flexibility index (Phi) is 3.16. The second-order valence-electron chi connectivity index (χ2n) is 3.04. The molecule has 59 valence electrons. The Morgan fingerprint density at radius 1 is 1.60 bits per heavy atom. The average Bonchev–Trinajstić information content (AvgIpc) is 2.05. The molecule has 10 heavy (non-hydrogen) atoms. The molecule has 0 aromatic rings. The fraction of sp³-hybridized carbons (Fsp3) is 1.00. The van der Waals surface area contributed by atoms with Gasteiger partial charge < -0.3 is 5.73 Å². The largest absolute Gasteiger partial charge is 0.326 e.